The standard InChI is InChI=1S/C16H18N2O2S/c1-17(2)14-3-4-15-13(9-14)10-18(6-7-20-15)16(19)12-5-8-21-11-12/h3-5,8-9,11H,6-7,10H2,1-2H3. The minimum absolute atomic E-state index is 0.0722. The highest BCUT2D eigenvalue weighted by Crippen LogP contribution is 2.28. The fraction of sp³-hybridized carbons (Fsp3) is 0.312. The lowest BCUT2D eigenvalue weighted by molar-refractivity contribution is 0.0734. The van der Waals surface area contributed by atoms with E-state index < -0.39 is 0 Å². The highest BCUT2D eigenvalue weighted by molar-refractivity contribution is 7.08. The van der Waals surface area contributed by atoms with Crippen LogP contribution in [0.5, 0.6) is 5.75 Å². The summed E-state index contributed by atoms with van der Waals surface area (Å²) in [6.07, 6.45) is 0. The maximum absolute atomic E-state index is 12.5. The molecule has 2 aromatic rings. The molecule has 3 rings (SSSR count). The zero-order valence-corrected chi connectivity index (χ0v) is 13.0. The van der Waals surface area contributed by atoms with Gasteiger partial charge in [0.2, 0.25) is 0 Å². The number of rotatable bonds is 2. The van der Waals surface area contributed by atoms with Gasteiger partial charge in [0.15, 0.2) is 0 Å². The third kappa shape index (κ3) is 2.88. The van der Waals surface area contributed by atoms with Gasteiger partial charge in [0.25, 0.3) is 5.91 Å². The van der Waals surface area contributed by atoms with Gasteiger partial charge >= 0.3 is 0 Å². The molecule has 1 amide bonds. The largest absolute Gasteiger partial charge is 0.491 e. The van der Waals surface area contributed by atoms with Crippen LogP contribution in [0.4, 0.5) is 5.69 Å². The number of amides is 1. The SMILES string of the molecule is CN(C)c1ccc2c(c1)CN(C(=O)c1ccsc1)CCO2. The van der Waals surface area contributed by atoms with Crippen molar-refractivity contribution in [1.82, 2.24) is 4.90 Å². The molecule has 0 aliphatic carbocycles. The third-order valence-electron chi connectivity index (χ3n) is 3.60. The molecule has 0 spiro atoms. The quantitative estimate of drug-likeness (QED) is 0.855. The van der Waals surface area contributed by atoms with Crippen molar-refractivity contribution in [3.63, 3.8) is 0 Å². The minimum atomic E-state index is 0.0722. The number of nitrogens with zero attached hydrogens (tertiary/aromatic N) is 2. The summed E-state index contributed by atoms with van der Waals surface area (Å²) in [6.45, 7) is 1.73. The van der Waals surface area contributed by atoms with Gasteiger partial charge < -0.3 is 14.5 Å². The van der Waals surface area contributed by atoms with Gasteiger partial charge in [-0.2, -0.15) is 11.3 Å². The smallest absolute Gasteiger partial charge is 0.255 e. The van der Waals surface area contributed by atoms with Crippen molar-refractivity contribution in [3.8, 4) is 5.75 Å². The summed E-state index contributed by atoms with van der Waals surface area (Å²) in [5, 5.41) is 3.82. The van der Waals surface area contributed by atoms with E-state index in [2.05, 4.69) is 11.0 Å². The van der Waals surface area contributed by atoms with Crippen LogP contribution in [0.15, 0.2) is 35.0 Å². The molecule has 4 nitrogen and oxygen atoms in total. The Hall–Kier alpha value is -2.01. The number of ether oxygens (including phenoxy) is 1. The number of hydrogen-bond donors (Lipinski definition) is 0. The van der Waals surface area contributed by atoms with Crippen molar-refractivity contribution in [3.05, 3.63) is 46.2 Å². The van der Waals surface area contributed by atoms with Gasteiger partial charge in [-0.15, -0.1) is 0 Å². The van der Waals surface area contributed by atoms with Gasteiger partial charge in [0.05, 0.1) is 12.1 Å². The van der Waals surface area contributed by atoms with E-state index >= 15 is 0 Å². The topological polar surface area (TPSA) is 32.8 Å². The molecule has 0 fully saturated rings. The molecule has 0 saturated heterocycles. The molecule has 110 valence electrons. The molecule has 1 aromatic heterocycles. The molecular formula is C16H18N2O2S. The van der Waals surface area contributed by atoms with Crippen LogP contribution in [0.1, 0.15) is 15.9 Å². The number of carbonyl (C=O) groups is 1. The number of anilines is 1. The van der Waals surface area contributed by atoms with E-state index in [-0.39, 0.29) is 5.91 Å². The van der Waals surface area contributed by atoms with Crippen molar-refractivity contribution >= 4 is 22.9 Å². The van der Waals surface area contributed by atoms with Crippen molar-refractivity contribution in [2.45, 2.75) is 6.54 Å². The number of hydrogen-bond acceptors (Lipinski definition) is 4. The fourth-order valence-electron chi connectivity index (χ4n) is 2.40. The maximum atomic E-state index is 12.5. The summed E-state index contributed by atoms with van der Waals surface area (Å²) in [7, 11) is 4.02. The Kier molecular flexibility index (Phi) is 3.84. The van der Waals surface area contributed by atoms with Crippen LogP contribution < -0.4 is 9.64 Å². The zero-order chi connectivity index (χ0) is 14.8. The Bertz CT molecular complexity index is 638. The lowest BCUT2D eigenvalue weighted by atomic mass is 10.1. The number of benzene rings is 1. The van der Waals surface area contributed by atoms with Crippen molar-refractivity contribution < 1.29 is 9.53 Å². The van der Waals surface area contributed by atoms with E-state index in [1.165, 1.54) is 0 Å². The molecule has 0 N–H and O–H groups in total. The monoisotopic (exact) mass is 302 g/mol. The van der Waals surface area contributed by atoms with Gasteiger partial charge in [-0.3, -0.25) is 4.79 Å². The summed E-state index contributed by atoms with van der Waals surface area (Å²) >= 11 is 1.54. The van der Waals surface area contributed by atoms with Gasteiger partial charge in [0.1, 0.15) is 12.4 Å². The van der Waals surface area contributed by atoms with Crippen LogP contribution in [0.3, 0.4) is 0 Å². The maximum Gasteiger partial charge on any atom is 0.255 e. The zero-order valence-electron chi connectivity index (χ0n) is 12.2. The highest BCUT2D eigenvalue weighted by Gasteiger charge is 2.21. The summed E-state index contributed by atoms with van der Waals surface area (Å²) < 4.78 is 5.77. The fourth-order valence-corrected chi connectivity index (χ4v) is 3.03. The molecular weight excluding hydrogens is 284 g/mol. The van der Waals surface area contributed by atoms with Gasteiger partial charge in [-0.05, 0) is 29.6 Å². The number of fused-ring (bicyclic) bond motifs is 1. The van der Waals surface area contributed by atoms with E-state index in [0.29, 0.717) is 19.7 Å². The minimum Gasteiger partial charge on any atom is -0.491 e. The van der Waals surface area contributed by atoms with Crippen molar-refractivity contribution in [2.24, 2.45) is 0 Å². The first-order chi connectivity index (χ1) is 10.1. The predicted octanol–water partition coefficient (Wildman–Crippen LogP) is 2.85. The number of thiophene rings is 1. The Labute approximate surface area is 128 Å². The van der Waals surface area contributed by atoms with Crippen LogP contribution in [-0.4, -0.2) is 38.1 Å². The molecule has 1 aliphatic rings. The number of carbonyl (C=O) groups excluding carboxylic acids is 1. The van der Waals surface area contributed by atoms with E-state index in [4.69, 9.17) is 4.74 Å². The lowest BCUT2D eigenvalue weighted by Gasteiger charge is -2.20. The molecule has 5 heteroatoms. The summed E-state index contributed by atoms with van der Waals surface area (Å²) in [6, 6.07) is 7.99. The van der Waals surface area contributed by atoms with Crippen LogP contribution in [0.25, 0.3) is 0 Å². The third-order valence-corrected chi connectivity index (χ3v) is 4.28. The average molecular weight is 302 g/mol. The first kappa shape index (κ1) is 13.9. The second-order valence-corrected chi connectivity index (χ2v) is 6.05. The van der Waals surface area contributed by atoms with Crippen LogP contribution in [0.2, 0.25) is 0 Å². The molecule has 0 radical (unpaired) electrons. The van der Waals surface area contributed by atoms with Gasteiger partial charge in [0, 0.05) is 37.3 Å². The molecule has 2 heterocycles. The first-order valence-electron chi connectivity index (χ1n) is 6.89. The molecule has 0 atom stereocenters. The van der Waals surface area contributed by atoms with E-state index in [1.807, 2.05) is 48.0 Å². The van der Waals surface area contributed by atoms with E-state index in [1.54, 1.807) is 11.3 Å². The Morgan fingerprint density at radius 3 is 2.90 bits per heavy atom. The molecule has 0 saturated carbocycles. The molecule has 21 heavy (non-hydrogen) atoms. The van der Waals surface area contributed by atoms with Crippen LogP contribution in [-0.2, 0) is 6.54 Å². The van der Waals surface area contributed by atoms with Gasteiger partial charge in [-0.25, -0.2) is 0 Å². The Morgan fingerprint density at radius 2 is 2.19 bits per heavy atom. The second-order valence-electron chi connectivity index (χ2n) is 5.27. The molecule has 0 bridgehead atoms. The normalized spacial score (nSPS) is 14.1. The van der Waals surface area contributed by atoms with Crippen molar-refractivity contribution in [2.75, 3.05) is 32.1 Å². The van der Waals surface area contributed by atoms with Crippen LogP contribution >= 0.6 is 11.3 Å². The second kappa shape index (κ2) is 5.77. The van der Waals surface area contributed by atoms with E-state index in [9.17, 15) is 4.79 Å². The Balaban J connectivity index is 1.87. The first-order valence-corrected chi connectivity index (χ1v) is 7.84. The Morgan fingerprint density at radius 1 is 1.33 bits per heavy atom. The summed E-state index contributed by atoms with van der Waals surface area (Å²) in [4.78, 5) is 16.4. The van der Waals surface area contributed by atoms with Gasteiger partial charge in [-0.1, -0.05) is 0 Å². The molecule has 1 aliphatic heterocycles. The predicted molar refractivity (Wildman–Crippen MR) is 85.3 cm³/mol. The van der Waals surface area contributed by atoms with E-state index in [0.717, 1.165) is 22.6 Å². The highest BCUT2D eigenvalue weighted by atomic mass is 32.1. The van der Waals surface area contributed by atoms with Crippen molar-refractivity contribution in [1.29, 1.82) is 0 Å². The average Bonchev–Trinajstić information content (AvgIpc) is 2.92. The lowest BCUT2D eigenvalue weighted by Crippen LogP contribution is -2.32. The molecule has 0 unspecified atom stereocenters. The summed E-state index contributed by atoms with van der Waals surface area (Å²) in [5.74, 6) is 0.948. The summed E-state index contributed by atoms with van der Waals surface area (Å²) in [5.41, 5.74) is 2.93. The van der Waals surface area contributed by atoms with Crippen LogP contribution in [0, 0.1) is 0 Å². The molecule has 1 aromatic carbocycles.